The number of rotatable bonds is 3. The van der Waals surface area contributed by atoms with Gasteiger partial charge in [-0.25, -0.2) is 4.39 Å². The first-order chi connectivity index (χ1) is 9.27. The summed E-state index contributed by atoms with van der Waals surface area (Å²) in [4.78, 5) is 0. The molecule has 0 aliphatic rings. The third-order valence-electron chi connectivity index (χ3n) is 2.74. The molecule has 2 nitrogen and oxygen atoms in total. The Morgan fingerprint density at radius 3 is 2.50 bits per heavy atom. The van der Waals surface area contributed by atoms with Crippen LogP contribution in [0.15, 0.2) is 34.7 Å². The van der Waals surface area contributed by atoms with Crippen molar-refractivity contribution in [1.82, 2.24) is 0 Å². The van der Waals surface area contributed by atoms with Gasteiger partial charge in [-0.2, -0.15) is 13.2 Å². The highest BCUT2D eigenvalue weighted by molar-refractivity contribution is 5.60. The van der Waals surface area contributed by atoms with Crippen LogP contribution in [0.2, 0.25) is 0 Å². The lowest BCUT2D eigenvalue weighted by atomic mass is 10.1. The third-order valence-corrected chi connectivity index (χ3v) is 2.74. The molecule has 1 atom stereocenters. The number of hydrogen-bond acceptors (Lipinski definition) is 2. The van der Waals surface area contributed by atoms with Crippen molar-refractivity contribution in [3.05, 3.63) is 47.5 Å². The van der Waals surface area contributed by atoms with Gasteiger partial charge in [-0.3, -0.25) is 0 Å². The average Bonchev–Trinajstić information content (AvgIpc) is 2.75. The van der Waals surface area contributed by atoms with Gasteiger partial charge < -0.3 is 10.2 Å². The highest BCUT2D eigenvalue weighted by Crippen LogP contribution is 2.34. The lowest BCUT2D eigenvalue weighted by Crippen LogP contribution is -2.17. The van der Waals surface area contributed by atoms with Crippen molar-refractivity contribution in [2.75, 3.05) is 0 Å². The van der Waals surface area contributed by atoms with Crippen molar-refractivity contribution in [1.29, 1.82) is 0 Å². The summed E-state index contributed by atoms with van der Waals surface area (Å²) in [6.45, 7) is 1.77. The van der Waals surface area contributed by atoms with Crippen LogP contribution >= 0.6 is 0 Å². The standard InChI is InChI=1S/C14H13F4NO/c1-8(19)6-10-3-5-13(20-10)11-7-9(14(16,17)18)2-4-12(11)15/h2-5,7-8H,6,19H2,1H3. The predicted octanol–water partition coefficient (Wildman–Crippen LogP) is 3.99. The summed E-state index contributed by atoms with van der Waals surface area (Å²) in [7, 11) is 0. The van der Waals surface area contributed by atoms with Crippen molar-refractivity contribution < 1.29 is 22.0 Å². The molecule has 108 valence electrons. The zero-order chi connectivity index (χ0) is 14.9. The molecule has 0 saturated heterocycles. The summed E-state index contributed by atoms with van der Waals surface area (Å²) in [5.41, 5.74) is 4.47. The number of halogens is 4. The Kier molecular flexibility index (Phi) is 3.85. The highest BCUT2D eigenvalue weighted by Gasteiger charge is 2.31. The zero-order valence-corrected chi connectivity index (χ0v) is 10.7. The Morgan fingerprint density at radius 2 is 1.90 bits per heavy atom. The Hall–Kier alpha value is -1.82. The van der Waals surface area contributed by atoms with Gasteiger partial charge in [0.1, 0.15) is 17.3 Å². The van der Waals surface area contributed by atoms with Crippen molar-refractivity contribution in [2.24, 2.45) is 5.73 Å². The smallest absolute Gasteiger partial charge is 0.416 e. The molecule has 0 amide bonds. The van der Waals surface area contributed by atoms with Crippen LogP contribution in [-0.2, 0) is 12.6 Å². The Labute approximate surface area is 113 Å². The maximum atomic E-state index is 13.7. The van der Waals surface area contributed by atoms with E-state index in [0.717, 1.165) is 12.1 Å². The van der Waals surface area contributed by atoms with Gasteiger partial charge in [-0.05, 0) is 37.3 Å². The SMILES string of the molecule is CC(N)Cc1ccc(-c2cc(C(F)(F)F)ccc2F)o1. The van der Waals surface area contributed by atoms with Crippen LogP contribution in [0.5, 0.6) is 0 Å². The molecule has 2 N–H and O–H groups in total. The zero-order valence-electron chi connectivity index (χ0n) is 10.7. The van der Waals surface area contributed by atoms with Crippen LogP contribution in [0.4, 0.5) is 17.6 Å². The van der Waals surface area contributed by atoms with E-state index >= 15 is 0 Å². The van der Waals surface area contributed by atoms with E-state index in [2.05, 4.69) is 0 Å². The van der Waals surface area contributed by atoms with Crippen LogP contribution in [0.1, 0.15) is 18.2 Å². The first-order valence-electron chi connectivity index (χ1n) is 5.99. The minimum Gasteiger partial charge on any atom is -0.461 e. The first kappa shape index (κ1) is 14.6. The fraction of sp³-hybridized carbons (Fsp3) is 0.286. The van der Waals surface area contributed by atoms with Gasteiger partial charge in [-0.15, -0.1) is 0 Å². The van der Waals surface area contributed by atoms with Crippen LogP contribution in [0, 0.1) is 5.82 Å². The van der Waals surface area contributed by atoms with Gasteiger partial charge >= 0.3 is 6.18 Å². The molecule has 2 rings (SSSR count). The van der Waals surface area contributed by atoms with Crippen LogP contribution < -0.4 is 5.73 Å². The second-order valence-electron chi connectivity index (χ2n) is 4.64. The van der Waals surface area contributed by atoms with E-state index in [1.807, 2.05) is 0 Å². The number of nitrogens with two attached hydrogens (primary N) is 1. The monoisotopic (exact) mass is 287 g/mol. The van der Waals surface area contributed by atoms with E-state index < -0.39 is 17.6 Å². The summed E-state index contributed by atoms with van der Waals surface area (Å²) in [6.07, 6.45) is -4.09. The lowest BCUT2D eigenvalue weighted by Gasteiger charge is -2.08. The van der Waals surface area contributed by atoms with Crippen LogP contribution in [0.3, 0.4) is 0 Å². The molecule has 20 heavy (non-hydrogen) atoms. The molecule has 1 unspecified atom stereocenters. The summed E-state index contributed by atoms with van der Waals surface area (Å²) in [5.74, 6) is -0.198. The summed E-state index contributed by atoms with van der Waals surface area (Å²) >= 11 is 0. The summed E-state index contributed by atoms with van der Waals surface area (Å²) in [5, 5.41) is 0. The topological polar surface area (TPSA) is 39.2 Å². The maximum Gasteiger partial charge on any atom is 0.416 e. The van der Waals surface area contributed by atoms with Crippen molar-refractivity contribution in [3.8, 4) is 11.3 Å². The van der Waals surface area contributed by atoms with Crippen LogP contribution in [-0.4, -0.2) is 6.04 Å². The van der Waals surface area contributed by atoms with E-state index in [9.17, 15) is 17.6 Å². The minimum atomic E-state index is -4.52. The minimum absolute atomic E-state index is 0.0595. The van der Waals surface area contributed by atoms with E-state index in [1.165, 1.54) is 6.07 Å². The Balaban J connectivity index is 2.39. The molecule has 0 bridgehead atoms. The van der Waals surface area contributed by atoms with E-state index in [-0.39, 0.29) is 17.4 Å². The molecule has 0 aliphatic carbocycles. The van der Waals surface area contributed by atoms with E-state index in [0.29, 0.717) is 18.2 Å². The first-order valence-corrected chi connectivity index (χ1v) is 5.99. The molecule has 6 heteroatoms. The van der Waals surface area contributed by atoms with Gasteiger partial charge in [0, 0.05) is 12.5 Å². The number of hydrogen-bond donors (Lipinski definition) is 1. The van der Waals surface area contributed by atoms with Crippen molar-refractivity contribution >= 4 is 0 Å². The quantitative estimate of drug-likeness (QED) is 0.867. The second-order valence-corrected chi connectivity index (χ2v) is 4.64. The van der Waals surface area contributed by atoms with Crippen molar-refractivity contribution in [3.63, 3.8) is 0 Å². The van der Waals surface area contributed by atoms with Crippen molar-refractivity contribution in [2.45, 2.75) is 25.6 Å². The maximum absolute atomic E-state index is 13.7. The Bertz CT molecular complexity index is 601. The number of benzene rings is 1. The Morgan fingerprint density at radius 1 is 1.20 bits per heavy atom. The molecular formula is C14H13F4NO. The molecule has 0 saturated carbocycles. The molecule has 0 spiro atoms. The molecule has 1 heterocycles. The summed E-state index contributed by atoms with van der Waals surface area (Å²) < 4.78 is 56.9. The molecule has 2 aromatic rings. The molecule has 1 aromatic carbocycles. The van der Waals surface area contributed by atoms with Gasteiger partial charge in [-0.1, -0.05) is 0 Å². The van der Waals surface area contributed by atoms with Gasteiger partial charge in [0.05, 0.1) is 11.1 Å². The lowest BCUT2D eigenvalue weighted by molar-refractivity contribution is -0.137. The molecule has 1 aromatic heterocycles. The molecule has 0 fully saturated rings. The normalized spacial score (nSPS) is 13.5. The van der Waals surface area contributed by atoms with Gasteiger partial charge in [0.15, 0.2) is 0 Å². The van der Waals surface area contributed by atoms with Crippen LogP contribution in [0.25, 0.3) is 11.3 Å². The molecule has 0 aliphatic heterocycles. The fourth-order valence-electron chi connectivity index (χ4n) is 1.84. The summed E-state index contributed by atoms with van der Waals surface area (Å²) in [6, 6.07) is 5.09. The largest absolute Gasteiger partial charge is 0.461 e. The van der Waals surface area contributed by atoms with Gasteiger partial charge in [0.25, 0.3) is 0 Å². The van der Waals surface area contributed by atoms with E-state index in [1.54, 1.807) is 13.0 Å². The molecular weight excluding hydrogens is 274 g/mol. The third kappa shape index (κ3) is 3.19. The predicted molar refractivity (Wildman–Crippen MR) is 66.5 cm³/mol. The average molecular weight is 287 g/mol. The number of alkyl halides is 3. The highest BCUT2D eigenvalue weighted by atomic mass is 19.4. The van der Waals surface area contributed by atoms with E-state index in [4.69, 9.17) is 10.2 Å². The second kappa shape index (κ2) is 5.28. The molecule has 0 radical (unpaired) electrons. The number of furan rings is 1. The van der Waals surface area contributed by atoms with Gasteiger partial charge in [0.2, 0.25) is 0 Å². The fourth-order valence-corrected chi connectivity index (χ4v) is 1.84.